The third-order valence-electron chi connectivity index (χ3n) is 5.01. The van der Waals surface area contributed by atoms with Crippen molar-refractivity contribution in [2.24, 2.45) is 0 Å². The van der Waals surface area contributed by atoms with Gasteiger partial charge in [-0.1, -0.05) is 30.3 Å². The zero-order valence-corrected chi connectivity index (χ0v) is 16.2. The Morgan fingerprint density at radius 1 is 1.00 bits per heavy atom. The first-order valence-corrected chi connectivity index (χ1v) is 9.03. The van der Waals surface area contributed by atoms with Gasteiger partial charge in [-0.05, 0) is 57.5 Å². The lowest BCUT2D eigenvalue weighted by atomic mass is 9.80. The molecule has 2 aromatic carbocycles. The molecule has 5 nitrogen and oxygen atoms in total. The van der Waals surface area contributed by atoms with Gasteiger partial charge in [0.2, 0.25) is 0 Å². The van der Waals surface area contributed by atoms with E-state index in [0.717, 1.165) is 22.2 Å². The van der Waals surface area contributed by atoms with Crippen molar-refractivity contribution in [2.45, 2.75) is 45.5 Å². The summed E-state index contributed by atoms with van der Waals surface area (Å²) in [4.78, 5) is 3.16. The molecule has 0 aliphatic rings. The van der Waals surface area contributed by atoms with E-state index < -0.39 is 18.3 Å². The molecule has 0 aliphatic heterocycles. The second-order valence-electron chi connectivity index (χ2n) is 7.79. The molecule has 0 fully saturated rings. The van der Waals surface area contributed by atoms with E-state index in [-0.39, 0.29) is 0 Å². The van der Waals surface area contributed by atoms with Crippen molar-refractivity contribution in [3.8, 4) is 5.75 Å². The molecule has 0 unspecified atom stereocenters. The van der Waals surface area contributed by atoms with Crippen LogP contribution in [0, 0.1) is 0 Å². The number of hydrogen-bond donors (Lipinski definition) is 3. The Morgan fingerprint density at radius 3 is 2.37 bits per heavy atom. The molecule has 1 heterocycles. The lowest BCUT2D eigenvalue weighted by Gasteiger charge is -2.38. The molecule has 27 heavy (non-hydrogen) atoms. The average molecular weight is 367 g/mol. The van der Waals surface area contributed by atoms with Crippen LogP contribution in [0.2, 0.25) is 0 Å². The number of benzene rings is 2. The first kappa shape index (κ1) is 19.5. The van der Waals surface area contributed by atoms with Gasteiger partial charge in [0, 0.05) is 16.5 Å². The van der Waals surface area contributed by atoms with Gasteiger partial charge in [0.1, 0.15) is 12.4 Å². The molecule has 0 saturated carbocycles. The lowest BCUT2D eigenvalue weighted by Crippen LogP contribution is -2.53. The maximum Gasteiger partial charge on any atom is 0.508 e. The van der Waals surface area contributed by atoms with Crippen molar-refractivity contribution in [1.29, 1.82) is 0 Å². The molecular formula is C21H26BNO4. The van der Waals surface area contributed by atoms with E-state index in [4.69, 9.17) is 9.39 Å². The molecule has 0 atom stereocenters. The monoisotopic (exact) mass is 367 g/mol. The maximum atomic E-state index is 10.4. The smallest absolute Gasteiger partial charge is 0.489 e. The second-order valence-corrected chi connectivity index (χ2v) is 7.79. The minimum absolute atomic E-state index is 0.495. The number of aromatic amines is 1. The van der Waals surface area contributed by atoms with Crippen LogP contribution in [0.3, 0.4) is 0 Å². The number of hydrogen-bond acceptors (Lipinski definition) is 4. The quantitative estimate of drug-likeness (QED) is 0.562. The highest BCUT2D eigenvalue weighted by molar-refractivity contribution is 6.59. The van der Waals surface area contributed by atoms with Gasteiger partial charge in [-0.2, -0.15) is 0 Å². The number of H-pyrrole nitrogens is 1. The SMILES string of the molecule is CC(C)(O)C(C)(C)OB(O)c1cc2cc(OCc3ccccc3)ccc2[nH]1. The number of nitrogens with one attached hydrogen (secondary N) is 1. The molecule has 3 aromatic rings. The highest BCUT2D eigenvalue weighted by Gasteiger charge is 2.39. The molecule has 6 heteroatoms. The first-order valence-electron chi connectivity index (χ1n) is 9.03. The Labute approximate surface area is 160 Å². The van der Waals surface area contributed by atoms with Gasteiger partial charge in [-0.25, -0.2) is 0 Å². The number of aromatic nitrogens is 1. The van der Waals surface area contributed by atoms with Crippen LogP contribution in [0.25, 0.3) is 10.9 Å². The fraction of sp³-hybridized carbons (Fsp3) is 0.333. The van der Waals surface area contributed by atoms with E-state index in [1.165, 1.54) is 0 Å². The Morgan fingerprint density at radius 2 is 1.70 bits per heavy atom. The van der Waals surface area contributed by atoms with Gasteiger partial charge in [-0.15, -0.1) is 0 Å². The van der Waals surface area contributed by atoms with Gasteiger partial charge >= 0.3 is 7.12 Å². The normalized spacial score (nSPS) is 12.4. The molecular weight excluding hydrogens is 341 g/mol. The summed E-state index contributed by atoms with van der Waals surface area (Å²) in [7, 11) is -1.17. The molecule has 3 N–H and O–H groups in total. The molecule has 142 valence electrons. The predicted molar refractivity (Wildman–Crippen MR) is 108 cm³/mol. The van der Waals surface area contributed by atoms with Gasteiger partial charge in [0.05, 0.1) is 11.2 Å². The number of fused-ring (bicyclic) bond motifs is 1. The predicted octanol–water partition coefficient (Wildman–Crippen LogP) is 3.00. The van der Waals surface area contributed by atoms with Crippen LogP contribution in [0.4, 0.5) is 0 Å². The molecule has 1 aromatic heterocycles. The topological polar surface area (TPSA) is 74.7 Å². The van der Waals surface area contributed by atoms with E-state index in [1.54, 1.807) is 27.7 Å². The van der Waals surface area contributed by atoms with Gasteiger partial charge in [0.25, 0.3) is 0 Å². The van der Waals surface area contributed by atoms with Crippen LogP contribution in [-0.2, 0) is 11.3 Å². The minimum atomic E-state index is -1.17. The minimum Gasteiger partial charge on any atom is -0.489 e. The van der Waals surface area contributed by atoms with Crippen LogP contribution in [0.15, 0.2) is 54.6 Å². The van der Waals surface area contributed by atoms with E-state index in [1.807, 2.05) is 54.6 Å². The zero-order valence-electron chi connectivity index (χ0n) is 16.2. The fourth-order valence-electron chi connectivity index (χ4n) is 2.58. The summed E-state index contributed by atoms with van der Waals surface area (Å²) >= 11 is 0. The second kappa shape index (κ2) is 7.39. The highest BCUT2D eigenvalue weighted by Crippen LogP contribution is 2.26. The van der Waals surface area contributed by atoms with E-state index in [9.17, 15) is 10.1 Å². The Kier molecular flexibility index (Phi) is 5.33. The van der Waals surface area contributed by atoms with Crippen molar-refractivity contribution in [3.05, 3.63) is 60.2 Å². The van der Waals surface area contributed by atoms with Crippen molar-refractivity contribution < 1.29 is 19.5 Å². The van der Waals surface area contributed by atoms with Gasteiger partial charge in [-0.3, -0.25) is 0 Å². The summed E-state index contributed by atoms with van der Waals surface area (Å²) in [6.07, 6.45) is 0. The molecule has 0 spiro atoms. The summed E-state index contributed by atoms with van der Waals surface area (Å²) in [5.41, 5.74) is 0.486. The van der Waals surface area contributed by atoms with Crippen LogP contribution >= 0.6 is 0 Å². The molecule has 0 saturated heterocycles. The first-order chi connectivity index (χ1) is 12.7. The maximum absolute atomic E-state index is 10.4. The van der Waals surface area contributed by atoms with E-state index in [0.29, 0.717) is 12.2 Å². The van der Waals surface area contributed by atoms with Crippen LogP contribution in [0.5, 0.6) is 5.75 Å². The van der Waals surface area contributed by atoms with E-state index >= 15 is 0 Å². The Hall–Kier alpha value is -2.28. The summed E-state index contributed by atoms with van der Waals surface area (Å²) < 4.78 is 11.6. The Bertz CT molecular complexity index is 899. The van der Waals surface area contributed by atoms with Crippen LogP contribution in [-0.4, -0.2) is 33.4 Å². The average Bonchev–Trinajstić information content (AvgIpc) is 3.03. The van der Waals surface area contributed by atoms with Gasteiger partial charge < -0.3 is 24.5 Å². The lowest BCUT2D eigenvalue weighted by molar-refractivity contribution is -0.0983. The standard InChI is InChI=1S/C21H26BNO4/c1-20(2,24)21(3,4)27-22(25)19-13-16-12-17(10-11-18(16)23-19)26-14-15-8-6-5-7-9-15/h5-13,23-25H,14H2,1-4H3. The number of ether oxygens (including phenoxy) is 1. The fourth-order valence-corrected chi connectivity index (χ4v) is 2.58. The third-order valence-corrected chi connectivity index (χ3v) is 5.01. The molecule has 0 aliphatic carbocycles. The van der Waals surface area contributed by atoms with Crippen molar-refractivity contribution in [2.75, 3.05) is 0 Å². The van der Waals surface area contributed by atoms with E-state index in [2.05, 4.69) is 4.98 Å². The van der Waals surface area contributed by atoms with Crippen molar-refractivity contribution >= 4 is 23.6 Å². The summed E-state index contributed by atoms with van der Waals surface area (Å²) in [6.45, 7) is 7.29. The van der Waals surface area contributed by atoms with Gasteiger partial charge in [0.15, 0.2) is 0 Å². The summed E-state index contributed by atoms with van der Waals surface area (Å²) in [5.74, 6) is 0.754. The largest absolute Gasteiger partial charge is 0.508 e. The Balaban J connectivity index is 1.73. The number of rotatable bonds is 7. The molecule has 0 bridgehead atoms. The van der Waals surface area contributed by atoms with Crippen molar-refractivity contribution in [3.63, 3.8) is 0 Å². The summed E-state index contributed by atoms with van der Waals surface area (Å²) in [5, 5.41) is 21.6. The molecule has 3 rings (SSSR count). The number of aliphatic hydroxyl groups is 1. The molecule has 0 radical (unpaired) electrons. The highest BCUT2D eigenvalue weighted by atomic mass is 16.5. The third kappa shape index (κ3) is 4.53. The van der Waals surface area contributed by atoms with Crippen LogP contribution < -0.4 is 10.3 Å². The summed E-state index contributed by atoms with van der Waals surface area (Å²) in [6, 6.07) is 17.5. The molecule has 0 amide bonds. The zero-order chi connectivity index (χ0) is 19.7. The van der Waals surface area contributed by atoms with Crippen LogP contribution in [0.1, 0.15) is 33.3 Å². The van der Waals surface area contributed by atoms with Crippen molar-refractivity contribution in [1.82, 2.24) is 4.98 Å².